The van der Waals surface area contributed by atoms with Crippen LogP contribution in [-0.2, 0) is 4.79 Å². The Kier molecular flexibility index (Phi) is 3.95. The Bertz CT molecular complexity index is 570. The standard InChI is InChI=1S/C16H17NO2/c1-3-5-10-17-16(19)14-11(4-2)12-8-6-7-9-13(12)15(14)18/h4,6-9H,2-3,5,10H2,1H3,(H,17,19). The largest absolute Gasteiger partial charge is 0.352 e. The van der Waals surface area contributed by atoms with E-state index in [9.17, 15) is 9.59 Å². The van der Waals surface area contributed by atoms with Crippen LogP contribution in [0.25, 0.3) is 5.57 Å². The molecule has 2 rings (SSSR count). The van der Waals surface area contributed by atoms with Gasteiger partial charge in [-0.25, -0.2) is 0 Å². The van der Waals surface area contributed by atoms with Gasteiger partial charge < -0.3 is 5.32 Å². The molecule has 0 heterocycles. The summed E-state index contributed by atoms with van der Waals surface area (Å²) in [4.78, 5) is 24.4. The Hall–Kier alpha value is -2.16. The number of hydrogen-bond donors (Lipinski definition) is 1. The molecule has 98 valence electrons. The fourth-order valence-electron chi connectivity index (χ4n) is 2.21. The highest BCUT2D eigenvalue weighted by Gasteiger charge is 2.31. The first-order valence-corrected chi connectivity index (χ1v) is 6.49. The summed E-state index contributed by atoms with van der Waals surface area (Å²) in [6.07, 6.45) is 3.49. The van der Waals surface area contributed by atoms with Gasteiger partial charge in [-0.05, 0) is 17.6 Å². The number of nitrogens with one attached hydrogen (secondary N) is 1. The van der Waals surface area contributed by atoms with Gasteiger partial charge in [-0.1, -0.05) is 50.3 Å². The first-order valence-electron chi connectivity index (χ1n) is 6.49. The summed E-state index contributed by atoms with van der Waals surface area (Å²) in [6, 6.07) is 7.24. The lowest BCUT2D eigenvalue weighted by Crippen LogP contribution is -2.28. The maximum atomic E-state index is 12.3. The molecule has 1 aromatic carbocycles. The van der Waals surface area contributed by atoms with Crippen molar-refractivity contribution < 1.29 is 9.59 Å². The maximum absolute atomic E-state index is 12.3. The predicted octanol–water partition coefficient (Wildman–Crippen LogP) is 2.74. The van der Waals surface area contributed by atoms with Crippen LogP contribution in [0.5, 0.6) is 0 Å². The second-order valence-corrected chi connectivity index (χ2v) is 4.48. The SMILES string of the molecule is C=CC1=C(C(=O)NCCCC)C(=O)c2ccccc21. The number of carbonyl (C=O) groups excluding carboxylic acids is 2. The molecule has 0 bridgehead atoms. The van der Waals surface area contributed by atoms with E-state index in [4.69, 9.17) is 0 Å². The molecule has 0 saturated heterocycles. The van der Waals surface area contributed by atoms with E-state index in [0.717, 1.165) is 18.4 Å². The molecule has 0 fully saturated rings. The smallest absolute Gasteiger partial charge is 0.255 e. The van der Waals surface area contributed by atoms with Gasteiger partial charge in [0, 0.05) is 12.1 Å². The quantitative estimate of drug-likeness (QED) is 0.649. The molecule has 1 aliphatic rings. The minimum Gasteiger partial charge on any atom is -0.352 e. The van der Waals surface area contributed by atoms with E-state index in [-0.39, 0.29) is 17.3 Å². The van der Waals surface area contributed by atoms with E-state index in [2.05, 4.69) is 18.8 Å². The highest BCUT2D eigenvalue weighted by molar-refractivity contribution is 6.35. The van der Waals surface area contributed by atoms with Crippen molar-refractivity contribution >= 4 is 17.3 Å². The Labute approximate surface area is 113 Å². The van der Waals surface area contributed by atoms with E-state index in [1.807, 2.05) is 12.1 Å². The van der Waals surface area contributed by atoms with Gasteiger partial charge in [0.15, 0.2) is 5.78 Å². The van der Waals surface area contributed by atoms with Crippen molar-refractivity contribution in [3.05, 3.63) is 53.6 Å². The summed E-state index contributed by atoms with van der Waals surface area (Å²) in [5.41, 5.74) is 2.23. The number of benzene rings is 1. The van der Waals surface area contributed by atoms with Crippen LogP contribution in [0.3, 0.4) is 0 Å². The van der Waals surface area contributed by atoms with E-state index >= 15 is 0 Å². The minimum absolute atomic E-state index is 0.209. The molecule has 0 unspecified atom stereocenters. The van der Waals surface area contributed by atoms with E-state index in [0.29, 0.717) is 17.7 Å². The fraction of sp³-hybridized carbons (Fsp3) is 0.250. The second-order valence-electron chi connectivity index (χ2n) is 4.48. The van der Waals surface area contributed by atoms with Crippen molar-refractivity contribution in [2.75, 3.05) is 6.54 Å². The molecule has 1 amide bonds. The van der Waals surface area contributed by atoms with Crippen LogP contribution < -0.4 is 5.32 Å². The summed E-state index contributed by atoms with van der Waals surface area (Å²) >= 11 is 0. The third kappa shape index (κ3) is 2.36. The molecule has 0 spiro atoms. The molecule has 19 heavy (non-hydrogen) atoms. The van der Waals surface area contributed by atoms with E-state index < -0.39 is 0 Å². The molecule has 0 aromatic heterocycles. The zero-order valence-electron chi connectivity index (χ0n) is 11.0. The molecule has 3 heteroatoms. The average Bonchev–Trinajstić information content (AvgIpc) is 2.72. The topological polar surface area (TPSA) is 46.2 Å². The number of fused-ring (bicyclic) bond motifs is 1. The van der Waals surface area contributed by atoms with E-state index in [1.165, 1.54) is 0 Å². The van der Waals surface area contributed by atoms with Gasteiger partial charge in [0.2, 0.25) is 0 Å². The number of ketones is 1. The molecule has 1 aromatic rings. The summed E-state index contributed by atoms with van der Waals surface area (Å²) in [6.45, 7) is 6.36. The van der Waals surface area contributed by atoms with Gasteiger partial charge >= 0.3 is 0 Å². The number of amides is 1. The van der Waals surface area contributed by atoms with Gasteiger partial charge in [0.25, 0.3) is 5.91 Å². The highest BCUT2D eigenvalue weighted by atomic mass is 16.2. The van der Waals surface area contributed by atoms with Crippen LogP contribution in [0.15, 0.2) is 42.5 Å². The second kappa shape index (κ2) is 5.65. The molecule has 0 atom stereocenters. The molecule has 0 radical (unpaired) electrons. The third-order valence-electron chi connectivity index (χ3n) is 3.21. The van der Waals surface area contributed by atoms with Crippen molar-refractivity contribution in [3.63, 3.8) is 0 Å². The Morgan fingerprint density at radius 2 is 2.00 bits per heavy atom. The molecule has 3 nitrogen and oxygen atoms in total. The van der Waals surface area contributed by atoms with Gasteiger partial charge in [0.05, 0.1) is 5.57 Å². The van der Waals surface area contributed by atoms with Gasteiger partial charge in [0.1, 0.15) is 0 Å². The Morgan fingerprint density at radius 3 is 2.63 bits per heavy atom. The van der Waals surface area contributed by atoms with Crippen LogP contribution in [0.1, 0.15) is 35.7 Å². The lowest BCUT2D eigenvalue weighted by molar-refractivity contribution is -0.117. The molecular formula is C16H17NO2. The Balaban J connectivity index is 2.32. The first-order chi connectivity index (χ1) is 9.20. The fourth-order valence-corrected chi connectivity index (χ4v) is 2.21. The lowest BCUT2D eigenvalue weighted by Gasteiger charge is -2.05. The highest BCUT2D eigenvalue weighted by Crippen LogP contribution is 2.33. The van der Waals surface area contributed by atoms with Gasteiger partial charge in [-0.3, -0.25) is 9.59 Å². The van der Waals surface area contributed by atoms with Gasteiger partial charge in [-0.2, -0.15) is 0 Å². The minimum atomic E-state index is -0.301. The number of Topliss-reactive ketones (excluding diaryl/α,β-unsaturated/α-hetero) is 1. The first kappa shape index (κ1) is 13.3. The lowest BCUT2D eigenvalue weighted by atomic mass is 10.1. The Morgan fingerprint density at radius 1 is 1.32 bits per heavy atom. The molecule has 1 N–H and O–H groups in total. The zero-order chi connectivity index (χ0) is 13.8. The van der Waals surface area contributed by atoms with Crippen LogP contribution in [0, 0.1) is 0 Å². The monoisotopic (exact) mass is 255 g/mol. The summed E-state index contributed by atoms with van der Waals surface area (Å²) in [5, 5.41) is 2.79. The number of carbonyl (C=O) groups is 2. The number of allylic oxidation sites excluding steroid dienone is 2. The van der Waals surface area contributed by atoms with Crippen molar-refractivity contribution in [1.82, 2.24) is 5.32 Å². The average molecular weight is 255 g/mol. The van der Waals surface area contributed by atoms with E-state index in [1.54, 1.807) is 18.2 Å². The third-order valence-corrected chi connectivity index (χ3v) is 3.21. The van der Waals surface area contributed by atoms with Crippen LogP contribution in [-0.4, -0.2) is 18.2 Å². The van der Waals surface area contributed by atoms with Crippen LogP contribution >= 0.6 is 0 Å². The van der Waals surface area contributed by atoms with Gasteiger partial charge in [-0.15, -0.1) is 0 Å². The molecular weight excluding hydrogens is 238 g/mol. The zero-order valence-corrected chi connectivity index (χ0v) is 11.0. The van der Waals surface area contributed by atoms with Crippen molar-refractivity contribution in [2.45, 2.75) is 19.8 Å². The normalized spacial score (nSPS) is 13.4. The van der Waals surface area contributed by atoms with Crippen molar-refractivity contribution in [3.8, 4) is 0 Å². The predicted molar refractivity (Wildman–Crippen MR) is 75.8 cm³/mol. The summed E-state index contributed by atoms with van der Waals surface area (Å²) in [5.74, 6) is -0.510. The summed E-state index contributed by atoms with van der Waals surface area (Å²) < 4.78 is 0. The molecule has 0 saturated carbocycles. The number of unbranched alkanes of at least 4 members (excludes halogenated alkanes) is 1. The molecule has 1 aliphatic carbocycles. The number of hydrogen-bond acceptors (Lipinski definition) is 2. The van der Waals surface area contributed by atoms with Crippen molar-refractivity contribution in [1.29, 1.82) is 0 Å². The number of rotatable bonds is 5. The van der Waals surface area contributed by atoms with Crippen molar-refractivity contribution in [2.24, 2.45) is 0 Å². The summed E-state index contributed by atoms with van der Waals surface area (Å²) in [7, 11) is 0. The molecule has 0 aliphatic heterocycles. The van der Waals surface area contributed by atoms with Crippen LogP contribution in [0.4, 0.5) is 0 Å². The maximum Gasteiger partial charge on any atom is 0.255 e. The van der Waals surface area contributed by atoms with Crippen LogP contribution in [0.2, 0.25) is 0 Å².